The number of hydrogen-bond acceptors (Lipinski definition) is 1. The van der Waals surface area contributed by atoms with Crippen LogP contribution < -0.4 is 0 Å². The van der Waals surface area contributed by atoms with Gasteiger partial charge in [-0.2, -0.15) is 0 Å². The summed E-state index contributed by atoms with van der Waals surface area (Å²) in [6.07, 6.45) is 7.08. The number of allylic oxidation sites excluding steroid dienone is 1. The van der Waals surface area contributed by atoms with E-state index in [1.807, 2.05) is 59.4 Å². The maximum atomic E-state index is 11.6. The number of hydrogen-bond donors (Lipinski definition) is 0. The lowest BCUT2D eigenvalue weighted by molar-refractivity contribution is 0.104. The summed E-state index contributed by atoms with van der Waals surface area (Å²) in [6.45, 7) is 0. The van der Waals surface area contributed by atoms with Crippen LogP contribution in [0.15, 0.2) is 60.9 Å². The summed E-state index contributed by atoms with van der Waals surface area (Å²) in [5, 5.41) is 0. The Morgan fingerprint density at radius 1 is 1.00 bits per heavy atom. The molecule has 0 unspecified atom stereocenters. The highest BCUT2D eigenvalue weighted by molar-refractivity contribution is 6.05. The molecule has 0 spiro atoms. The van der Waals surface area contributed by atoms with Crippen LogP contribution in [-0.2, 0) is 0 Å². The third-order valence-electron chi connectivity index (χ3n) is 2.08. The molecule has 0 radical (unpaired) electrons. The fraction of sp³-hybridized carbons (Fsp3) is 0. The zero-order valence-electron chi connectivity index (χ0n) is 8.21. The molecule has 0 aliphatic carbocycles. The average Bonchev–Trinajstić information content (AvgIpc) is 2.80. The van der Waals surface area contributed by atoms with Crippen LogP contribution >= 0.6 is 0 Å². The van der Waals surface area contributed by atoms with Crippen molar-refractivity contribution in [2.24, 2.45) is 0 Å². The molecule has 2 nitrogen and oxygen atoms in total. The van der Waals surface area contributed by atoms with E-state index in [4.69, 9.17) is 0 Å². The summed E-state index contributed by atoms with van der Waals surface area (Å²) in [5.74, 6) is 0.0179. The van der Waals surface area contributed by atoms with Gasteiger partial charge in [0.1, 0.15) is 0 Å². The number of benzene rings is 1. The van der Waals surface area contributed by atoms with Crippen molar-refractivity contribution in [3.05, 3.63) is 66.5 Å². The maximum Gasteiger partial charge on any atom is 0.187 e. The Morgan fingerprint density at radius 2 is 1.67 bits per heavy atom. The van der Waals surface area contributed by atoms with Crippen molar-refractivity contribution in [2.75, 3.05) is 0 Å². The smallest absolute Gasteiger partial charge is 0.187 e. The molecule has 1 aromatic heterocycles. The predicted octanol–water partition coefficient (Wildman–Crippen LogP) is 2.84. The molecule has 1 aromatic carbocycles. The number of rotatable bonds is 3. The van der Waals surface area contributed by atoms with E-state index in [1.165, 1.54) is 0 Å². The number of carbonyl (C=O) groups excluding carboxylic acids is 1. The SMILES string of the molecule is O=C(/C=C/n1cccc1)c1ccccc1. The van der Waals surface area contributed by atoms with E-state index in [9.17, 15) is 4.79 Å². The van der Waals surface area contributed by atoms with Crippen molar-refractivity contribution < 1.29 is 4.79 Å². The molecule has 2 rings (SSSR count). The number of ketones is 1. The molecule has 0 aliphatic heterocycles. The Kier molecular flexibility index (Phi) is 2.79. The topological polar surface area (TPSA) is 22.0 Å². The largest absolute Gasteiger partial charge is 0.330 e. The second-order valence-electron chi connectivity index (χ2n) is 3.18. The van der Waals surface area contributed by atoms with E-state index in [1.54, 1.807) is 12.3 Å². The minimum atomic E-state index is 0.0179. The summed E-state index contributed by atoms with van der Waals surface area (Å²) < 4.78 is 1.83. The summed E-state index contributed by atoms with van der Waals surface area (Å²) in [5.41, 5.74) is 0.709. The molecule has 0 saturated carbocycles. The van der Waals surface area contributed by atoms with Crippen LogP contribution in [0.1, 0.15) is 10.4 Å². The van der Waals surface area contributed by atoms with Gasteiger partial charge in [0.15, 0.2) is 5.78 Å². The molecule has 0 aliphatic rings. The van der Waals surface area contributed by atoms with Gasteiger partial charge in [0.2, 0.25) is 0 Å². The van der Waals surface area contributed by atoms with Gasteiger partial charge in [-0.3, -0.25) is 4.79 Å². The summed E-state index contributed by atoms with van der Waals surface area (Å²) in [4.78, 5) is 11.6. The molecular weight excluding hydrogens is 186 g/mol. The lowest BCUT2D eigenvalue weighted by Gasteiger charge is -1.94. The Balaban J connectivity index is 2.11. The van der Waals surface area contributed by atoms with Gasteiger partial charge in [-0.15, -0.1) is 0 Å². The van der Waals surface area contributed by atoms with Gasteiger partial charge in [-0.1, -0.05) is 30.3 Å². The fourth-order valence-corrected chi connectivity index (χ4v) is 1.30. The second-order valence-corrected chi connectivity index (χ2v) is 3.18. The third kappa shape index (κ3) is 2.44. The average molecular weight is 197 g/mol. The van der Waals surface area contributed by atoms with E-state index < -0.39 is 0 Å². The predicted molar refractivity (Wildman–Crippen MR) is 60.5 cm³/mol. The van der Waals surface area contributed by atoms with Gasteiger partial charge in [-0.25, -0.2) is 0 Å². The highest BCUT2D eigenvalue weighted by Gasteiger charge is 1.98. The van der Waals surface area contributed by atoms with Gasteiger partial charge in [0.25, 0.3) is 0 Å². The first-order valence-corrected chi connectivity index (χ1v) is 4.76. The molecule has 0 saturated heterocycles. The third-order valence-corrected chi connectivity index (χ3v) is 2.08. The van der Waals surface area contributed by atoms with Crippen LogP contribution in [0, 0.1) is 0 Å². The van der Waals surface area contributed by atoms with E-state index in [2.05, 4.69) is 0 Å². The second kappa shape index (κ2) is 4.42. The minimum absolute atomic E-state index is 0.0179. The van der Waals surface area contributed by atoms with Crippen molar-refractivity contribution in [1.82, 2.24) is 4.57 Å². The molecule has 74 valence electrons. The Hall–Kier alpha value is -2.09. The molecule has 2 heteroatoms. The molecule has 0 amide bonds. The number of carbonyl (C=O) groups is 1. The van der Waals surface area contributed by atoms with Gasteiger partial charge < -0.3 is 4.57 Å². The molecule has 0 N–H and O–H groups in total. The molecule has 0 atom stereocenters. The Morgan fingerprint density at radius 3 is 2.33 bits per heavy atom. The van der Waals surface area contributed by atoms with Crippen molar-refractivity contribution >= 4 is 12.0 Å². The highest BCUT2D eigenvalue weighted by atomic mass is 16.1. The zero-order chi connectivity index (χ0) is 10.5. The fourth-order valence-electron chi connectivity index (χ4n) is 1.30. The van der Waals surface area contributed by atoms with Crippen molar-refractivity contribution in [3.63, 3.8) is 0 Å². The van der Waals surface area contributed by atoms with Crippen LogP contribution in [0.2, 0.25) is 0 Å². The van der Waals surface area contributed by atoms with Crippen LogP contribution in [0.5, 0.6) is 0 Å². The summed E-state index contributed by atoms with van der Waals surface area (Å²) in [6, 6.07) is 13.1. The highest BCUT2D eigenvalue weighted by Crippen LogP contribution is 2.01. The molecule has 0 fully saturated rings. The van der Waals surface area contributed by atoms with Gasteiger partial charge in [0.05, 0.1) is 0 Å². The molecular formula is C13H11NO. The van der Waals surface area contributed by atoms with Gasteiger partial charge in [0, 0.05) is 30.2 Å². The van der Waals surface area contributed by atoms with E-state index in [0.717, 1.165) is 0 Å². The molecule has 2 aromatic rings. The number of nitrogens with zero attached hydrogens (tertiary/aromatic N) is 1. The van der Waals surface area contributed by atoms with Crippen LogP contribution in [0.3, 0.4) is 0 Å². The van der Waals surface area contributed by atoms with Gasteiger partial charge in [-0.05, 0) is 12.1 Å². The quantitative estimate of drug-likeness (QED) is 0.547. The lowest BCUT2D eigenvalue weighted by Crippen LogP contribution is -1.93. The summed E-state index contributed by atoms with van der Waals surface area (Å²) in [7, 11) is 0. The minimum Gasteiger partial charge on any atom is -0.330 e. The first-order valence-electron chi connectivity index (χ1n) is 4.76. The first-order chi connectivity index (χ1) is 7.36. The van der Waals surface area contributed by atoms with Crippen LogP contribution in [0.25, 0.3) is 6.20 Å². The van der Waals surface area contributed by atoms with Crippen molar-refractivity contribution in [3.8, 4) is 0 Å². The molecule has 15 heavy (non-hydrogen) atoms. The lowest BCUT2D eigenvalue weighted by atomic mass is 10.1. The Bertz CT molecular complexity index is 455. The van der Waals surface area contributed by atoms with Crippen LogP contribution in [-0.4, -0.2) is 10.4 Å². The van der Waals surface area contributed by atoms with E-state index in [0.29, 0.717) is 5.56 Å². The molecule has 0 bridgehead atoms. The number of aromatic nitrogens is 1. The normalized spacial score (nSPS) is 10.7. The van der Waals surface area contributed by atoms with Crippen molar-refractivity contribution in [1.29, 1.82) is 0 Å². The van der Waals surface area contributed by atoms with E-state index in [-0.39, 0.29) is 5.78 Å². The van der Waals surface area contributed by atoms with Crippen molar-refractivity contribution in [2.45, 2.75) is 0 Å². The summed E-state index contributed by atoms with van der Waals surface area (Å²) >= 11 is 0. The van der Waals surface area contributed by atoms with Gasteiger partial charge >= 0.3 is 0 Å². The monoisotopic (exact) mass is 197 g/mol. The van der Waals surface area contributed by atoms with Crippen LogP contribution in [0.4, 0.5) is 0 Å². The van der Waals surface area contributed by atoms with E-state index >= 15 is 0 Å². The Labute approximate surface area is 88.5 Å². The standard InChI is InChI=1S/C13H11NO/c15-13(12-6-2-1-3-7-12)8-11-14-9-4-5-10-14/h1-11H/b11-8+. The maximum absolute atomic E-state index is 11.6. The first kappa shape index (κ1) is 9.46. The zero-order valence-corrected chi connectivity index (χ0v) is 8.21. The molecule has 1 heterocycles.